The van der Waals surface area contributed by atoms with E-state index in [-0.39, 0.29) is 0 Å². The van der Waals surface area contributed by atoms with Gasteiger partial charge in [0.1, 0.15) is 0 Å². The van der Waals surface area contributed by atoms with E-state index in [0.717, 1.165) is 54.5 Å². The smallest absolute Gasteiger partial charge is 0.0829 e. The summed E-state index contributed by atoms with van der Waals surface area (Å²) in [5.74, 6) is 0. The number of morpholine rings is 1. The second kappa shape index (κ2) is 9.23. The van der Waals surface area contributed by atoms with Crippen LogP contribution in [0.15, 0.2) is 0 Å². The van der Waals surface area contributed by atoms with Crippen LogP contribution in [-0.2, 0) is 4.74 Å². The van der Waals surface area contributed by atoms with E-state index < -0.39 is 0 Å². The molecule has 2 atom stereocenters. The molecule has 4 nitrogen and oxygen atoms in total. The van der Waals surface area contributed by atoms with Crippen molar-refractivity contribution in [1.82, 2.24) is 15.1 Å². The first-order chi connectivity index (χ1) is 8.26. The van der Waals surface area contributed by atoms with Gasteiger partial charge in [0, 0.05) is 39.0 Å². The van der Waals surface area contributed by atoms with Crippen molar-refractivity contribution in [2.24, 2.45) is 0 Å². The molecule has 5 heteroatoms. The van der Waals surface area contributed by atoms with Crippen molar-refractivity contribution in [3.63, 3.8) is 0 Å². The number of hydrogen-bond acceptors (Lipinski definition) is 4. The van der Waals surface area contributed by atoms with Crippen LogP contribution >= 0.6 is 8.58 Å². The highest BCUT2D eigenvalue weighted by molar-refractivity contribution is 7.36. The van der Waals surface area contributed by atoms with Gasteiger partial charge in [0.15, 0.2) is 0 Å². The second-order valence-corrected chi connectivity index (χ2v) is 5.72. The molecular formula is C12H28N3OP. The number of ether oxygens (including phenoxy) is 1. The standard InChI is InChI=1S/C12H28N3OP/c1-4-13-5-6-15-7-8-16-12(10-15)9-14(2)11-17-3/h12-13,17H,4-11H2,1-3H3. The Morgan fingerprint density at radius 2 is 2.35 bits per heavy atom. The lowest BCUT2D eigenvalue weighted by Gasteiger charge is -2.34. The molecule has 0 radical (unpaired) electrons. The van der Waals surface area contributed by atoms with E-state index in [1.54, 1.807) is 0 Å². The lowest BCUT2D eigenvalue weighted by atomic mass is 10.2. The number of nitrogens with zero attached hydrogens (tertiary/aromatic N) is 2. The summed E-state index contributed by atoms with van der Waals surface area (Å²) >= 11 is 0. The molecule has 2 unspecified atom stereocenters. The molecule has 102 valence electrons. The summed E-state index contributed by atoms with van der Waals surface area (Å²) in [6.07, 6.45) is 1.59. The van der Waals surface area contributed by atoms with E-state index in [9.17, 15) is 0 Å². The fourth-order valence-electron chi connectivity index (χ4n) is 2.19. The normalized spacial score (nSPS) is 22.9. The summed E-state index contributed by atoms with van der Waals surface area (Å²) in [5.41, 5.74) is 0. The molecule has 1 heterocycles. The SMILES string of the molecule is CCNCCN1CCOC(CN(C)CPC)C1. The fraction of sp³-hybridized carbons (Fsp3) is 1.00. The van der Waals surface area contributed by atoms with E-state index in [0.29, 0.717) is 6.10 Å². The average Bonchev–Trinajstić information content (AvgIpc) is 2.30. The zero-order valence-electron chi connectivity index (χ0n) is 11.5. The topological polar surface area (TPSA) is 27.7 Å². The third-order valence-corrected chi connectivity index (χ3v) is 3.88. The molecule has 1 rings (SSSR count). The van der Waals surface area contributed by atoms with Crippen molar-refractivity contribution >= 4 is 8.58 Å². The van der Waals surface area contributed by atoms with Crippen molar-refractivity contribution < 1.29 is 4.74 Å². The molecule has 1 saturated heterocycles. The van der Waals surface area contributed by atoms with Crippen LogP contribution in [0.25, 0.3) is 0 Å². The number of hydrogen-bond donors (Lipinski definition) is 1. The largest absolute Gasteiger partial charge is 0.374 e. The van der Waals surface area contributed by atoms with E-state index in [1.165, 1.54) is 6.29 Å². The fourth-order valence-corrected chi connectivity index (χ4v) is 2.86. The first-order valence-electron chi connectivity index (χ1n) is 6.64. The van der Waals surface area contributed by atoms with Crippen LogP contribution in [0.4, 0.5) is 0 Å². The van der Waals surface area contributed by atoms with Crippen LogP contribution in [-0.4, -0.2) is 81.8 Å². The summed E-state index contributed by atoms with van der Waals surface area (Å²) in [6, 6.07) is 0. The third kappa shape index (κ3) is 6.68. The van der Waals surface area contributed by atoms with Crippen LogP contribution in [0, 0.1) is 0 Å². The Labute approximate surface area is 108 Å². The molecule has 17 heavy (non-hydrogen) atoms. The first-order valence-corrected chi connectivity index (χ1v) is 8.34. The van der Waals surface area contributed by atoms with E-state index >= 15 is 0 Å². The Morgan fingerprint density at radius 3 is 3.06 bits per heavy atom. The summed E-state index contributed by atoms with van der Waals surface area (Å²) in [7, 11) is 3.19. The van der Waals surface area contributed by atoms with Crippen LogP contribution in [0.5, 0.6) is 0 Å². The molecule has 0 aromatic rings. The summed E-state index contributed by atoms with van der Waals surface area (Å²) in [6.45, 7) is 11.8. The first kappa shape index (κ1) is 15.3. The van der Waals surface area contributed by atoms with Gasteiger partial charge in [0.25, 0.3) is 0 Å². The van der Waals surface area contributed by atoms with Crippen LogP contribution in [0.2, 0.25) is 0 Å². The molecular weight excluding hydrogens is 233 g/mol. The highest BCUT2D eigenvalue weighted by atomic mass is 31.1. The van der Waals surface area contributed by atoms with Gasteiger partial charge < -0.3 is 10.1 Å². The third-order valence-electron chi connectivity index (χ3n) is 3.02. The number of rotatable bonds is 8. The Kier molecular flexibility index (Phi) is 8.33. The molecule has 0 amide bonds. The van der Waals surface area contributed by atoms with Gasteiger partial charge in [-0.1, -0.05) is 6.92 Å². The maximum atomic E-state index is 5.83. The quantitative estimate of drug-likeness (QED) is 0.508. The van der Waals surface area contributed by atoms with Crippen molar-refractivity contribution in [1.29, 1.82) is 0 Å². The van der Waals surface area contributed by atoms with Gasteiger partial charge in [-0.15, -0.1) is 8.58 Å². The average molecular weight is 261 g/mol. The molecule has 1 N–H and O–H groups in total. The Balaban J connectivity index is 2.18. The van der Waals surface area contributed by atoms with Gasteiger partial charge in [-0.3, -0.25) is 9.80 Å². The van der Waals surface area contributed by atoms with Gasteiger partial charge in [-0.25, -0.2) is 0 Å². The van der Waals surface area contributed by atoms with Gasteiger partial charge in [-0.2, -0.15) is 0 Å². The van der Waals surface area contributed by atoms with Gasteiger partial charge >= 0.3 is 0 Å². The summed E-state index contributed by atoms with van der Waals surface area (Å²) in [4.78, 5) is 4.90. The molecule has 1 aliphatic heterocycles. The van der Waals surface area contributed by atoms with E-state index in [2.05, 4.69) is 35.8 Å². The highest BCUT2D eigenvalue weighted by Crippen LogP contribution is 2.09. The Hall–Kier alpha value is 0.270. The summed E-state index contributed by atoms with van der Waals surface area (Å²) < 4.78 is 5.83. The van der Waals surface area contributed by atoms with Gasteiger partial charge in [0.05, 0.1) is 12.7 Å². The van der Waals surface area contributed by atoms with Crippen molar-refractivity contribution in [3.05, 3.63) is 0 Å². The minimum Gasteiger partial charge on any atom is -0.374 e. The minimum absolute atomic E-state index is 0.395. The lowest BCUT2D eigenvalue weighted by molar-refractivity contribution is -0.0381. The van der Waals surface area contributed by atoms with E-state index in [1.807, 2.05) is 0 Å². The lowest BCUT2D eigenvalue weighted by Crippen LogP contribution is -2.48. The molecule has 0 spiro atoms. The van der Waals surface area contributed by atoms with E-state index in [4.69, 9.17) is 4.74 Å². The molecule has 0 aromatic carbocycles. The maximum absolute atomic E-state index is 5.83. The molecule has 0 aromatic heterocycles. The molecule has 0 aliphatic carbocycles. The predicted octanol–water partition coefficient (Wildman–Crippen LogP) is 0.494. The Bertz CT molecular complexity index is 195. The Morgan fingerprint density at radius 1 is 1.53 bits per heavy atom. The molecule has 1 aliphatic rings. The van der Waals surface area contributed by atoms with Crippen molar-refractivity contribution in [2.75, 3.05) is 65.9 Å². The monoisotopic (exact) mass is 261 g/mol. The van der Waals surface area contributed by atoms with Gasteiger partial charge in [-0.05, 0) is 20.3 Å². The van der Waals surface area contributed by atoms with Crippen LogP contribution < -0.4 is 5.32 Å². The zero-order chi connectivity index (χ0) is 12.5. The van der Waals surface area contributed by atoms with Crippen molar-refractivity contribution in [3.8, 4) is 0 Å². The zero-order valence-corrected chi connectivity index (χ0v) is 12.5. The maximum Gasteiger partial charge on any atom is 0.0829 e. The summed E-state index contributed by atoms with van der Waals surface area (Å²) in [5, 5.41) is 3.38. The van der Waals surface area contributed by atoms with Crippen LogP contribution in [0.3, 0.4) is 0 Å². The predicted molar refractivity (Wildman–Crippen MR) is 76.5 cm³/mol. The number of nitrogens with one attached hydrogen (secondary N) is 1. The molecule has 1 fully saturated rings. The minimum atomic E-state index is 0.395. The highest BCUT2D eigenvalue weighted by Gasteiger charge is 2.20. The molecule has 0 bridgehead atoms. The number of likely N-dealkylation sites (N-methyl/N-ethyl adjacent to an activating group) is 2. The molecule has 0 saturated carbocycles. The van der Waals surface area contributed by atoms with Crippen molar-refractivity contribution in [2.45, 2.75) is 13.0 Å². The van der Waals surface area contributed by atoms with Gasteiger partial charge in [0.2, 0.25) is 0 Å². The second-order valence-electron chi connectivity index (χ2n) is 4.70. The van der Waals surface area contributed by atoms with Crippen LogP contribution in [0.1, 0.15) is 6.92 Å².